The Kier molecular flexibility index (Phi) is 3.62. The molecule has 1 heterocycles. The molecule has 0 radical (unpaired) electrons. The minimum Gasteiger partial charge on any atom is -0.443 e. The summed E-state index contributed by atoms with van der Waals surface area (Å²) < 4.78 is 6.53. The number of rotatable bonds is 1. The van der Waals surface area contributed by atoms with Gasteiger partial charge in [-0.25, -0.2) is 4.79 Å². The van der Waals surface area contributed by atoms with Crippen molar-refractivity contribution in [2.45, 2.75) is 33.3 Å². The van der Waals surface area contributed by atoms with E-state index in [1.165, 1.54) is 4.57 Å². The maximum atomic E-state index is 12.3. The highest BCUT2D eigenvalue weighted by Crippen LogP contribution is 2.18. The Balaban J connectivity index is 2.62. The minimum atomic E-state index is -1.74. The van der Waals surface area contributed by atoms with E-state index in [0.717, 1.165) is 10.9 Å². The zero-order chi connectivity index (χ0) is 15.1. The predicted molar refractivity (Wildman–Crippen MR) is 78.1 cm³/mol. The first kappa shape index (κ1) is 14.6. The highest BCUT2D eigenvalue weighted by molar-refractivity contribution is 6.59. The van der Waals surface area contributed by atoms with Crippen molar-refractivity contribution in [2.75, 3.05) is 0 Å². The summed E-state index contributed by atoms with van der Waals surface area (Å²) in [4.78, 5) is 12.3. The van der Waals surface area contributed by atoms with E-state index >= 15 is 0 Å². The van der Waals surface area contributed by atoms with Crippen LogP contribution in [0.3, 0.4) is 0 Å². The third-order valence-corrected chi connectivity index (χ3v) is 2.83. The van der Waals surface area contributed by atoms with Crippen LogP contribution in [0.4, 0.5) is 4.79 Å². The Morgan fingerprint density at radius 1 is 1.25 bits per heavy atom. The zero-order valence-electron chi connectivity index (χ0n) is 12.0. The summed E-state index contributed by atoms with van der Waals surface area (Å²) >= 11 is 0. The van der Waals surface area contributed by atoms with E-state index in [0.29, 0.717) is 5.52 Å². The Labute approximate surface area is 117 Å². The summed E-state index contributed by atoms with van der Waals surface area (Å²) in [6.45, 7) is 7.19. The summed E-state index contributed by atoms with van der Waals surface area (Å²) in [5, 5.41) is 19.7. The van der Waals surface area contributed by atoms with Crippen LogP contribution in [0, 0.1) is 6.92 Å². The fourth-order valence-corrected chi connectivity index (χ4v) is 2.03. The molecule has 0 aliphatic heterocycles. The zero-order valence-corrected chi connectivity index (χ0v) is 12.0. The molecular weight excluding hydrogens is 257 g/mol. The standard InChI is InChI=1S/C14H18BNO4/c1-9-5-6-10-8-12(15(18)19)16(11(10)7-9)13(17)20-14(2,3)4/h5-8,18-19H,1-4H3. The summed E-state index contributed by atoms with van der Waals surface area (Å²) in [5.41, 5.74) is 1.01. The molecule has 6 heteroatoms. The average molecular weight is 275 g/mol. The highest BCUT2D eigenvalue weighted by Gasteiger charge is 2.26. The lowest BCUT2D eigenvalue weighted by Crippen LogP contribution is -2.41. The maximum Gasteiger partial charge on any atom is 0.506 e. The van der Waals surface area contributed by atoms with Gasteiger partial charge in [-0.15, -0.1) is 0 Å². The quantitative estimate of drug-likeness (QED) is 0.772. The van der Waals surface area contributed by atoms with E-state index in [4.69, 9.17) is 4.74 Å². The molecule has 0 aliphatic rings. The largest absolute Gasteiger partial charge is 0.506 e. The third-order valence-electron chi connectivity index (χ3n) is 2.83. The topological polar surface area (TPSA) is 71.7 Å². The third kappa shape index (κ3) is 2.86. The van der Waals surface area contributed by atoms with Crippen molar-refractivity contribution in [3.8, 4) is 0 Å². The summed E-state index contributed by atoms with van der Waals surface area (Å²) in [7, 11) is -1.74. The molecule has 0 spiro atoms. The molecule has 0 saturated carbocycles. The van der Waals surface area contributed by atoms with Crippen molar-refractivity contribution in [1.29, 1.82) is 0 Å². The molecule has 0 fully saturated rings. The van der Waals surface area contributed by atoms with Gasteiger partial charge in [0.2, 0.25) is 0 Å². The monoisotopic (exact) mass is 275 g/mol. The fraction of sp³-hybridized carbons (Fsp3) is 0.357. The Hall–Kier alpha value is -1.79. The molecule has 2 aromatic rings. The smallest absolute Gasteiger partial charge is 0.443 e. The molecule has 2 rings (SSSR count). The molecule has 0 amide bonds. The van der Waals surface area contributed by atoms with E-state index in [1.807, 2.05) is 25.1 Å². The maximum absolute atomic E-state index is 12.3. The van der Waals surface area contributed by atoms with Crippen molar-refractivity contribution >= 4 is 29.7 Å². The second-order valence-corrected chi connectivity index (χ2v) is 5.82. The van der Waals surface area contributed by atoms with Crippen LogP contribution in [0.15, 0.2) is 24.3 Å². The summed E-state index contributed by atoms with van der Waals surface area (Å²) in [6, 6.07) is 7.11. The molecule has 0 unspecified atom stereocenters. The van der Waals surface area contributed by atoms with Crippen molar-refractivity contribution < 1.29 is 19.6 Å². The summed E-state index contributed by atoms with van der Waals surface area (Å²) in [6.07, 6.45) is -0.624. The highest BCUT2D eigenvalue weighted by atomic mass is 16.6. The number of fused-ring (bicyclic) bond motifs is 1. The fourth-order valence-electron chi connectivity index (χ4n) is 2.03. The lowest BCUT2D eigenvalue weighted by Gasteiger charge is -2.21. The van der Waals surface area contributed by atoms with Gasteiger partial charge in [0.25, 0.3) is 0 Å². The van der Waals surface area contributed by atoms with Crippen LogP contribution in [-0.2, 0) is 4.74 Å². The lowest BCUT2D eigenvalue weighted by atomic mass is 9.86. The van der Waals surface area contributed by atoms with Crippen LogP contribution in [0.1, 0.15) is 26.3 Å². The van der Waals surface area contributed by atoms with Gasteiger partial charge in [0.1, 0.15) is 5.60 Å². The Morgan fingerprint density at radius 3 is 2.45 bits per heavy atom. The number of carbonyl (C=O) groups is 1. The average Bonchev–Trinajstić information content (AvgIpc) is 2.65. The SMILES string of the molecule is Cc1ccc2cc(B(O)O)n(C(=O)OC(C)(C)C)c2c1. The van der Waals surface area contributed by atoms with E-state index in [9.17, 15) is 14.8 Å². The van der Waals surface area contributed by atoms with Gasteiger partial charge in [-0.05, 0) is 50.8 Å². The number of hydrogen-bond acceptors (Lipinski definition) is 4. The van der Waals surface area contributed by atoms with E-state index in [-0.39, 0.29) is 5.59 Å². The van der Waals surface area contributed by atoms with Crippen LogP contribution < -0.4 is 5.59 Å². The van der Waals surface area contributed by atoms with Gasteiger partial charge in [-0.1, -0.05) is 12.1 Å². The Bertz CT molecular complexity index is 655. The first-order chi connectivity index (χ1) is 9.19. The first-order valence-electron chi connectivity index (χ1n) is 6.40. The van der Waals surface area contributed by atoms with Crippen LogP contribution in [0.25, 0.3) is 10.9 Å². The predicted octanol–water partition coefficient (Wildman–Crippen LogP) is 1.41. The van der Waals surface area contributed by atoms with Crippen LogP contribution in [0.2, 0.25) is 0 Å². The number of benzene rings is 1. The number of hydrogen-bond donors (Lipinski definition) is 2. The minimum absolute atomic E-state index is 0.0971. The molecule has 0 aliphatic carbocycles. The molecule has 0 bridgehead atoms. The normalized spacial score (nSPS) is 11.7. The molecule has 106 valence electrons. The lowest BCUT2D eigenvalue weighted by molar-refractivity contribution is 0.0548. The Morgan fingerprint density at radius 2 is 1.90 bits per heavy atom. The van der Waals surface area contributed by atoms with E-state index in [1.54, 1.807) is 26.8 Å². The van der Waals surface area contributed by atoms with Gasteiger partial charge in [0.15, 0.2) is 0 Å². The summed E-state index contributed by atoms with van der Waals surface area (Å²) in [5.74, 6) is 0. The van der Waals surface area contributed by atoms with Gasteiger partial charge >= 0.3 is 13.2 Å². The van der Waals surface area contributed by atoms with Crippen LogP contribution in [0.5, 0.6) is 0 Å². The van der Waals surface area contributed by atoms with Crippen molar-refractivity contribution in [1.82, 2.24) is 4.57 Å². The second-order valence-electron chi connectivity index (χ2n) is 5.82. The van der Waals surface area contributed by atoms with E-state index in [2.05, 4.69) is 0 Å². The molecule has 5 nitrogen and oxygen atoms in total. The van der Waals surface area contributed by atoms with Crippen LogP contribution in [-0.4, -0.2) is 33.4 Å². The molecule has 0 atom stereocenters. The number of aryl methyl sites for hydroxylation is 1. The number of ether oxygens (including phenoxy) is 1. The van der Waals surface area contributed by atoms with Gasteiger partial charge in [-0.2, -0.15) is 0 Å². The van der Waals surface area contributed by atoms with E-state index < -0.39 is 18.8 Å². The first-order valence-corrected chi connectivity index (χ1v) is 6.40. The number of carbonyl (C=O) groups excluding carboxylic acids is 1. The number of nitrogens with zero attached hydrogens (tertiary/aromatic N) is 1. The molecule has 20 heavy (non-hydrogen) atoms. The van der Waals surface area contributed by atoms with Gasteiger partial charge in [-0.3, -0.25) is 4.57 Å². The molecule has 2 N–H and O–H groups in total. The van der Waals surface area contributed by atoms with Gasteiger partial charge < -0.3 is 14.8 Å². The van der Waals surface area contributed by atoms with Crippen molar-refractivity contribution in [3.05, 3.63) is 29.8 Å². The molecular formula is C14H18BNO4. The van der Waals surface area contributed by atoms with Gasteiger partial charge in [0, 0.05) is 0 Å². The molecule has 1 aromatic heterocycles. The molecule has 1 aromatic carbocycles. The van der Waals surface area contributed by atoms with Crippen LogP contribution >= 0.6 is 0 Å². The van der Waals surface area contributed by atoms with Crippen molar-refractivity contribution in [2.24, 2.45) is 0 Å². The number of aromatic nitrogens is 1. The molecule has 0 saturated heterocycles. The second kappa shape index (κ2) is 4.96. The van der Waals surface area contributed by atoms with Crippen molar-refractivity contribution in [3.63, 3.8) is 0 Å². The van der Waals surface area contributed by atoms with Gasteiger partial charge in [0.05, 0.1) is 11.1 Å².